The van der Waals surface area contributed by atoms with Crippen molar-refractivity contribution in [1.82, 2.24) is 5.32 Å². The normalized spacial score (nSPS) is 33.7. The highest BCUT2D eigenvalue weighted by atomic mass is 16.3. The molecule has 0 radical (unpaired) electrons. The van der Waals surface area contributed by atoms with Crippen LogP contribution in [-0.4, -0.2) is 23.8 Å². The molecule has 0 amide bonds. The Hall–Kier alpha value is -0.340. The molecule has 1 heterocycles. The second-order valence-corrected chi connectivity index (χ2v) is 3.54. The van der Waals surface area contributed by atoms with Crippen LogP contribution in [0, 0.1) is 5.92 Å². The standard InChI is InChI=1S/C9H15NO/c11-9(7-3-1-4-7)8-5-2-6-10-8/h2,5,7-11H,1,3-4,6H2. The summed E-state index contributed by atoms with van der Waals surface area (Å²) >= 11 is 0. The first-order valence-electron chi connectivity index (χ1n) is 4.46. The van der Waals surface area contributed by atoms with Crippen LogP contribution in [0.3, 0.4) is 0 Å². The summed E-state index contributed by atoms with van der Waals surface area (Å²) in [5.41, 5.74) is 0. The quantitative estimate of drug-likeness (QED) is 0.572. The molecule has 1 aliphatic carbocycles. The third-order valence-corrected chi connectivity index (χ3v) is 2.82. The van der Waals surface area contributed by atoms with Crippen LogP contribution in [0.1, 0.15) is 19.3 Å². The Balaban J connectivity index is 1.87. The molecule has 2 heteroatoms. The molecule has 2 N–H and O–H groups in total. The van der Waals surface area contributed by atoms with Gasteiger partial charge in [0.15, 0.2) is 0 Å². The van der Waals surface area contributed by atoms with Gasteiger partial charge in [0, 0.05) is 6.54 Å². The van der Waals surface area contributed by atoms with E-state index in [1.165, 1.54) is 19.3 Å². The highest BCUT2D eigenvalue weighted by Crippen LogP contribution is 2.31. The van der Waals surface area contributed by atoms with Gasteiger partial charge in [0.1, 0.15) is 0 Å². The van der Waals surface area contributed by atoms with E-state index in [2.05, 4.69) is 17.5 Å². The molecule has 2 aliphatic rings. The first-order valence-corrected chi connectivity index (χ1v) is 4.46. The number of hydrogen-bond acceptors (Lipinski definition) is 2. The van der Waals surface area contributed by atoms with E-state index in [9.17, 15) is 5.11 Å². The third kappa shape index (κ3) is 1.33. The number of aliphatic hydroxyl groups is 1. The maximum absolute atomic E-state index is 9.75. The van der Waals surface area contributed by atoms with Crippen LogP contribution in [0.25, 0.3) is 0 Å². The van der Waals surface area contributed by atoms with Gasteiger partial charge in [-0.3, -0.25) is 0 Å². The second kappa shape index (κ2) is 2.95. The summed E-state index contributed by atoms with van der Waals surface area (Å²) in [4.78, 5) is 0. The Bertz CT molecular complexity index is 163. The predicted molar refractivity (Wildman–Crippen MR) is 44.3 cm³/mol. The number of hydrogen-bond donors (Lipinski definition) is 2. The molecule has 0 aromatic heterocycles. The Labute approximate surface area is 67.3 Å². The molecule has 62 valence electrons. The van der Waals surface area contributed by atoms with Gasteiger partial charge in [0.05, 0.1) is 12.1 Å². The minimum Gasteiger partial charge on any atom is -0.391 e. The number of aliphatic hydroxyl groups excluding tert-OH is 1. The minimum atomic E-state index is -0.137. The maximum Gasteiger partial charge on any atom is 0.0757 e. The van der Waals surface area contributed by atoms with Crippen LogP contribution in [0.15, 0.2) is 12.2 Å². The van der Waals surface area contributed by atoms with Crippen LogP contribution < -0.4 is 5.32 Å². The average molecular weight is 153 g/mol. The summed E-state index contributed by atoms with van der Waals surface area (Å²) in [6.07, 6.45) is 7.77. The van der Waals surface area contributed by atoms with Crippen molar-refractivity contribution < 1.29 is 5.11 Å². The summed E-state index contributed by atoms with van der Waals surface area (Å²) in [6, 6.07) is 0.236. The summed E-state index contributed by atoms with van der Waals surface area (Å²) in [7, 11) is 0. The van der Waals surface area contributed by atoms with Gasteiger partial charge in [-0.2, -0.15) is 0 Å². The Morgan fingerprint density at radius 2 is 2.27 bits per heavy atom. The van der Waals surface area contributed by atoms with Crippen LogP contribution in [0.2, 0.25) is 0 Å². The van der Waals surface area contributed by atoms with E-state index in [0.29, 0.717) is 5.92 Å². The zero-order chi connectivity index (χ0) is 7.68. The molecule has 2 atom stereocenters. The molecule has 1 fully saturated rings. The number of nitrogens with one attached hydrogen (secondary N) is 1. The van der Waals surface area contributed by atoms with Gasteiger partial charge in [0.2, 0.25) is 0 Å². The van der Waals surface area contributed by atoms with Crippen molar-refractivity contribution >= 4 is 0 Å². The van der Waals surface area contributed by atoms with Crippen molar-refractivity contribution in [3.63, 3.8) is 0 Å². The van der Waals surface area contributed by atoms with Crippen LogP contribution in [0.4, 0.5) is 0 Å². The van der Waals surface area contributed by atoms with E-state index in [1.54, 1.807) is 0 Å². The highest BCUT2D eigenvalue weighted by Gasteiger charge is 2.30. The van der Waals surface area contributed by atoms with Crippen molar-refractivity contribution in [2.45, 2.75) is 31.4 Å². The van der Waals surface area contributed by atoms with E-state index in [4.69, 9.17) is 0 Å². The molecule has 0 saturated heterocycles. The zero-order valence-corrected chi connectivity index (χ0v) is 6.66. The molecule has 0 spiro atoms. The molecule has 0 aromatic carbocycles. The van der Waals surface area contributed by atoms with Crippen molar-refractivity contribution in [2.75, 3.05) is 6.54 Å². The van der Waals surface area contributed by atoms with Gasteiger partial charge in [-0.05, 0) is 18.8 Å². The average Bonchev–Trinajstić information content (AvgIpc) is 2.32. The SMILES string of the molecule is OC(C1CCC1)C1C=CCN1. The van der Waals surface area contributed by atoms with Crippen molar-refractivity contribution in [3.8, 4) is 0 Å². The van der Waals surface area contributed by atoms with Gasteiger partial charge >= 0.3 is 0 Å². The molecule has 2 unspecified atom stereocenters. The maximum atomic E-state index is 9.75. The first-order chi connectivity index (χ1) is 5.38. The zero-order valence-electron chi connectivity index (χ0n) is 6.66. The van der Waals surface area contributed by atoms with Gasteiger partial charge < -0.3 is 10.4 Å². The Morgan fingerprint density at radius 3 is 2.73 bits per heavy atom. The van der Waals surface area contributed by atoms with E-state index >= 15 is 0 Å². The Kier molecular flexibility index (Phi) is 1.96. The fraction of sp³-hybridized carbons (Fsp3) is 0.778. The molecule has 1 aliphatic heterocycles. The summed E-state index contributed by atoms with van der Waals surface area (Å²) in [6.45, 7) is 0.925. The lowest BCUT2D eigenvalue weighted by Gasteiger charge is -2.33. The molecule has 11 heavy (non-hydrogen) atoms. The first kappa shape index (κ1) is 7.32. The summed E-state index contributed by atoms with van der Waals surface area (Å²) in [5.74, 6) is 0.565. The Morgan fingerprint density at radius 1 is 1.45 bits per heavy atom. The number of rotatable bonds is 2. The van der Waals surface area contributed by atoms with Gasteiger partial charge in [-0.1, -0.05) is 18.6 Å². The predicted octanol–water partition coefficient (Wildman–Crippen LogP) is 0.675. The van der Waals surface area contributed by atoms with Gasteiger partial charge in [-0.15, -0.1) is 0 Å². The van der Waals surface area contributed by atoms with Crippen molar-refractivity contribution in [1.29, 1.82) is 0 Å². The second-order valence-electron chi connectivity index (χ2n) is 3.54. The van der Waals surface area contributed by atoms with E-state index < -0.39 is 0 Å². The molecule has 1 saturated carbocycles. The summed E-state index contributed by atoms with van der Waals surface area (Å²) in [5, 5.41) is 13.0. The van der Waals surface area contributed by atoms with E-state index in [1.807, 2.05) is 0 Å². The van der Waals surface area contributed by atoms with E-state index in [0.717, 1.165) is 6.54 Å². The lowest BCUT2D eigenvalue weighted by molar-refractivity contribution is 0.0464. The minimum absolute atomic E-state index is 0.137. The largest absolute Gasteiger partial charge is 0.391 e. The topological polar surface area (TPSA) is 32.3 Å². The van der Waals surface area contributed by atoms with Crippen LogP contribution >= 0.6 is 0 Å². The molecule has 0 aromatic rings. The van der Waals surface area contributed by atoms with E-state index in [-0.39, 0.29) is 12.1 Å². The lowest BCUT2D eigenvalue weighted by Crippen LogP contribution is -2.42. The molecule has 2 rings (SSSR count). The highest BCUT2D eigenvalue weighted by molar-refractivity contribution is 5.06. The van der Waals surface area contributed by atoms with Gasteiger partial charge in [0.25, 0.3) is 0 Å². The van der Waals surface area contributed by atoms with Crippen LogP contribution in [-0.2, 0) is 0 Å². The molecular formula is C9H15NO. The lowest BCUT2D eigenvalue weighted by atomic mass is 9.79. The molecule has 2 nitrogen and oxygen atoms in total. The van der Waals surface area contributed by atoms with Crippen LogP contribution in [0.5, 0.6) is 0 Å². The van der Waals surface area contributed by atoms with Crippen molar-refractivity contribution in [2.24, 2.45) is 5.92 Å². The van der Waals surface area contributed by atoms with Crippen molar-refractivity contribution in [3.05, 3.63) is 12.2 Å². The monoisotopic (exact) mass is 153 g/mol. The molecular weight excluding hydrogens is 138 g/mol. The third-order valence-electron chi connectivity index (χ3n) is 2.82. The fourth-order valence-corrected chi connectivity index (χ4v) is 1.80. The van der Waals surface area contributed by atoms with Gasteiger partial charge in [-0.25, -0.2) is 0 Å². The summed E-state index contributed by atoms with van der Waals surface area (Å²) < 4.78 is 0. The smallest absolute Gasteiger partial charge is 0.0757 e. The molecule has 0 bridgehead atoms. The fourth-order valence-electron chi connectivity index (χ4n) is 1.80.